The van der Waals surface area contributed by atoms with Crippen molar-refractivity contribution >= 4 is 43.4 Å². The van der Waals surface area contributed by atoms with Gasteiger partial charge in [-0.05, 0) is 12.8 Å². The molecule has 0 aromatic carbocycles. The molecule has 0 saturated heterocycles. The van der Waals surface area contributed by atoms with Crippen molar-refractivity contribution in [3.05, 3.63) is 12.2 Å². The normalized spacial score (nSPS) is 13.6. The third kappa shape index (κ3) is 43.7. The number of phosphoric ester groups is 1. The molecule has 424 valence electrons. The summed E-state index contributed by atoms with van der Waals surface area (Å²) in [5, 5.41) is 5.21. The van der Waals surface area contributed by atoms with E-state index in [0.29, 0.717) is 12.8 Å². The average Bonchev–Trinajstić information content (AvgIpc) is 3.69. The Morgan fingerprint density at radius 2 is 0.890 bits per heavy atom. The van der Waals surface area contributed by atoms with Crippen molar-refractivity contribution in [2.24, 2.45) is 0 Å². The molecule has 0 spiro atoms. The number of esters is 2. The number of nitrogens with zero attached hydrogens (tertiary/aromatic N) is 1. The minimum absolute atomic E-state index is 0.00311. The molecule has 1 rings (SSSR count). The molecule has 0 bridgehead atoms. The number of carbonyl (C=O) groups excluding carboxylic acids is 6. The van der Waals surface area contributed by atoms with Gasteiger partial charge >= 0.3 is 19.8 Å². The molecule has 1 aliphatic rings. The number of unbranched alkanes of at least 4 members (excludes halogenated alkanes) is 28. The lowest BCUT2D eigenvalue weighted by atomic mass is 10.0. The Labute approximate surface area is 440 Å². The topological polar surface area (TPSA) is 222 Å². The predicted octanol–water partition coefficient (Wildman–Crippen LogP) is 11.1. The van der Waals surface area contributed by atoms with Crippen molar-refractivity contribution in [3.63, 3.8) is 0 Å². The number of amides is 4. The van der Waals surface area contributed by atoms with Crippen LogP contribution in [0.25, 0.3) is 0 Å². The van der Waals surface area contributed by atoms with Gasteiger partial charge in [0.15, 0.2) is 6.10 Å². The van der Waals surface area contributed by atoms with E-state index >= 15 is 0 Å². The van der Waals surface area contributed by atoms with E-state index in [4.69, 9.17) is 28.0 Å². The van der Waals surface area contributed by atoms with Gasteiger partial charge in [-0.1, -0.05) is 194 Å². The molecule has 0 fully saturated rings. The molecule has 73 heavy (non-hydrogen) atoms. The summed E-state index contributed by atoms with van der Waals surface area (Å²) in [6, 6.07) is 0. The van der Waals surface area contributed by atoms with E-state index in [0.717, 1.165) is 43.4 Å². The number of hydrogen-bond acceptors (Lipinski definition) is 13. The largest absolute Gasteiger partial charge is 0.472 e. The average molecular weight is 1060 g/mol. The minimum Gasteiger partial charge on any atom is -0.462 e. The summed E-state index contributed by atoms with van der Waals surface area (Å²) in [6.07, 6.45) is 38.0. The second kappa shape index (κ2) is 48.4. The highest BCUT2D eigenvalue weighted by molar-refractivity contribution is 7.47. The Bertz CT molecular complexity index is 1500. The van der Waals surface area contributed by atoms with Crippen LogP contribution in [0.15, 0.2) is 12.2 Å². The summed E-state index contributed by atoms with van der Waals surface area (Å²) in [5.74, 6) is -2.50. The van der Waals surface area contributed by atoms with Crippen LogP contribution in [0.2, 0.25) is 0 Å². The monoisotopic (exact) mass is 1060 g/mol. The molecular weight excluding hydrogens is 958 g/mol. The van der Waals surface area contributed by atoms with E-state index in [1.165, 1.54) is 153 Å². The maximum absolute atomic E-state index is 12.8. The Hall–Kier alpha value is -3.21. The molecule has 3 N–H and O–H groups in total. The van der Waals surface area contributed by atoms with Gasteiger partial charge in [0, 0.05) is 57.5 Å². The Balaban J connectivity index is 2.31. The van der Waals surface area contributed by atoms with E-state index in [9.17, 15) is 38.2 Å². The third-order valence-corrected chi connectivity index (χ3v) is 13.7. The van der Waals surface area contributed by atoms with Gasteiger partial charge in [-0.2, -0.15) is 0 Å². The SMILES string of the molecule is CCCCCCCCCCCCCCCCCC(=O)OC[C@H](COP(=O)(O)OCCNC(=O)CCOCCOCCNC(=O)CCN1C(=O)C=CC1=O)OC(=O)CCCCCCCCCCCCCCCCC. The van der Waals surface area contributed by atoms with Gasteiger partial charge in [0.25, 0.3) is 11.8 Å². The summed E-state index contributed by atoms with van der Waals surface area (Å²) < 4.78 is 44.7. The van der Waals surface area contributed by atoms with E-state index < -0.39 is 44.3 Å². The zero-order valence-corrected chi connectivity index (χ0v) is 46.4. The predicted molar refractivity (Wildman–Crippen MR) is 284 cm³/mol. The summed E-state index contributed by atoms with van der Waals surface area (Å²) in [4.78, 5) is 84.1. The van der Waals surface area contributed by atoms with Crippen molar-refractivity contribution in [1.29, 1.82) is 0 Å². The van der Waals surface area contributed by atoms with Crippen molar-refractivity contribution in [1.82, 2.24) is 15.5 Å². The number of hydrogen-bond donors (Lipinski definition) is 3. The Kier molecular flexibility index (Phi) is 45.0. The first-order valence-electron chi connectivity index (χ1n) is 28.7. The van der Waals surface area contributed by atoms with Crippen molar-refractivity contribution < 1.29 is 66.2 Å². The van der Waals surface area contributed by atoms with Crippen molar-refractivity contribution in [2.75, 3.05) is 65.9 Å². The van der Waals surface area contributed by atoms with Crippen LogP contribution in [-0.2, 0) is 61.3 Å². The number of nitrogens with one attached hydrogen (secondary N) is 2. The molecule has 0 saturated carbocycles. The van der Waals surface area contributed by atoms with Crippen LogP contribution in [0, 0.1) is 0 Å². The van der Waals surface area contributed by atoms with Crippen LogP contribution in [0.1, 0.15) is 232 Å². The van der Waals surface area contributed by atoms with Crippen LogP contribution in [0.4, 0.5) is 0 Å². The van der Waals surface area contributed by atoms with Gasteiger partial charge < -0.3 is 34.5 Å². The first-order chi connectivity index (χ1) is 35.5. The Morgan fingerprint density at radius 3 is 1.36 bits per heavy atom. The van der Waals surface area contributed by atoms with E-state index in [-0.39, 0.29) is 96.8 Å². The fraction of sp³-hybridized carbons (Fsp3) is 0.855. The fourth-order valence-corrected chi connectivity index (χ4v) is 9.01. The number of rotatable bonds is 54. The van der Waals surface area contributed by atoms with Gasteiger partial charge in [0.2, 0.25) is 11.8 Å². The second-order valence-corrected chi connectivity index (χ2v) is 20.8. The third-order valence-electron chi connectivity index (χ3n) is 12.7. The zero-order chi connectivity index (χ0) is 53.3. The lowest BCUT2D eigenvalue weighted by Gasteiger charge is -2.20. The van der Waals surface area contributed by atoms with Gasteiger partial charge in [-0.3, -0.25) is 42.7 Å². The molecule has 0 aromatic rings. The second-order valence-electron chi connectivity index (χ2n) is 19.4. The number of imide groups is 1. The lowest BCUT2D eigenvalue weighted by molar-refractivity contribution is -0.161. The number of phosphoric acid groups is 1. The number of carbonyl (C=O) groups is 6. The van der Waals surface area contributed by atoms with E-state index in [1.54, 1.807) is 0 Å². The molecule has 18 heteroatoms. The summed E-state index contributed by atoms with van der Waals surface area (Å²) in [7, 11) is -4.63. The molecule has 0 aromatic heterocycles. The smallest absolute Gasteiger partial charge is 0.462 e. The number of ether oxygens (including phenoxy) is 4. The van der Waals surface area contributed by atoms with Gasteiger partial charge in [0.1, 0.15) is 6.61 Å². The highest BCUT2D eigenvalue weighted by atomic mass is 31.2. The summed E-state index contributed by atoms with van der Waals surface area (Å²) >= 11 is 0. The Morgan fingerprint density at radius 1 is 0.493 bits per heavy atom. The van der Waals surface area contributed by atoms with Crippen LogP contribution >= 0.6 is 7.82 Å². The first kappa shape index (κ1) is 67.8. The molecule has 17 nitrogen and oxygen atoms in total. The summed E-state index contributed by atoms with van der Waals surface area (Å²) in [6.45, 7) is 4.20. The highest BCUT2D eigenvalue weighted by Crippen LogP contribution is 2.43. The minimum atomic E-state index is -4.63. The maximum Gasteiger partial charge on any atom is 0.472 e. The molecule has 2 atom stereocenters. The molecular formula is C55H100N3O14P. The lowest BCUT2D eigenvalue weighted by Crippen LogP contribution is -2.35. The standard InChI is InChI=1S/C55H100N3O14P/c1-3-5-7-9-11-13-15-17-19-21-23-25-27-29-31-33-54(63)69-47-49(72-55(64)34-32-30-28-26-24-22-20-18-16-14-12-10-8-6-4-2)48-71-73(65,66)70-44-40-57-51(60)38-42-67-45-46-68-43-39-56-50(59)37-41-58-52(61)35-36-53(58)62/h35-36,49H,3-34,37-48H2,1-2H3,(H,56,59)(H,57,60)(H,65,66)/t49-/m1/s1. The van der Waals surface area contributed by atoms with Gasteiger partial charge in [-0.25, -0.2) is 4.57 Å². The quantitative estimate of drug-likeness (QED) is 0.0223. The maximum atomic E-state index is 12.8. The van der Waals surface area contributed by atoms with Gasteiger partial charge in [-0.15, -0.1) is 0 Å². The molecule has 4 amide bonds. The zero-order valence-electron chi connectivity index (χ0n) is 45.5. The highest BCUT2D eigenvalue weighted by Gasteiger charge is 2.27. The first-order valence-corrected chi connectivity index (χ1v) is 30.2. The molecule has 1 aliphatic heterocycles. The van der Waals surface area contributed by atoms with Crippen LogP contribution < -0.4 is 10.6 Å². The van der Waals surface area contributed by atoms with Crippen LogP contribution in [0.5, 0.6) is 0 Å². The fourth-order valence-electron chi connectivity index (χ4n) is 8.26. The van der Waals surface area contributed by atoms with E-state index in [2.05, 4.69) is 24.5 Å². The molecule has 0 radical (unpaired) electrons. The van der Waals surface area contributed by atoms with E-state index in [1.807, 2.05) is 0 Å². The molecule has 1 heterocycles. The van der Waals surface area contributed by atoms with Crippen LogP contribution in [-0.4, -0.2) is 117 Å². The van der Waals surface area contributed by atoms with Crippen molar-refractivity contribution in [3.8, 4) is 0 Å². The van der Waals surface area contributed by atoms with Crippen LogP contribution in [0.3, 0.4) is 0 Å². The van der Waals surface area contributed by atoms with Crippen molar-refractivity contribution in [2.45, 2.75) is 238 Å². The molecule has 0 aliphatic carbocycles. The molecule has 1 unspecified atom stereocenters. The summed E-state index contributed by atoms with van der Waals surface area (Å²) in [5.41, 5.74) is 0. The van der Waals surface area contributed by atoms with Gasteiger partial charge in [0.05, 0.1) is 39.6 Å².